The molecule has 0 aliphatic heterocycles. The second-order valence-electron chi connectivity index (χ2n) is 7.31. The van der Waals surface area contributed by atoms with Crippen LogP contribution in [0.5, 0.6) is 0 Å². The topological polar surface area (TPSA) is 23.8 Å². The highest BCUT2D eigenvalue weighted by Crippen LogP contribution is 2.39. The molecule has 1 heteroatoms. The monoisotopic (exact) mass is 317 g/mol. The second kappa shape index (κ2) is 7.67. The molecule has 1 aliphatic carbocycles. The van der Waals surface area contributed by atoms with Crippen LogP contribution < -0.4 is 0 Å². The van der Waals surface area contributed by atoms with E-state index in [4.69, 9.17) is 5.26 Å². The maximum absolute atomic E-state index is 8.90. The summed E-state index contributed by atoms with van der Waals surface area (Å²) in [6.07, 6.45) is 6.76. The molecule has 0 heterocycles. The van der Waals surface area contributed by atoms with Gasteiger partial charge in [0.2, 0.25) is 0 Å². The van der Waals surface area contributed by atoms with E-state index in [1.165, 1.54) is 48.8 Å². The quantitative estimate of drug-likeness (QED) is 0.627. The Morgan fingerprint density at radius 1 is 0.917 bits per heavy atom. The van der Waals surface area contributed by atoms with E-state index in [1.807, 2.05) is 24.3 Å². The molecule has 0 radical (unpaired) electrons. The van der Waals surface area contributed by atoms with Crippen LogP contribution in [-0.4, -0.2) is 0 Å². The second-order valence-corrected chi connectivity index (χ2v) is 7.31. The molecule has 0 aromatic heterocycles. The van der Waals surface area contributed by atoms with Crippen molar-refractivity contribution in [3.63, 3.8) is 0 Å². The van der Waals surface area contributed by atoms with Crippen LogP contribution in [0.1, 0.15) is 63.0 Å². The molecule has 0 N–H and O–H groups in total. The molecule has 0 bridgehead atoms. The summed E-state index contributed by atoms with van der Waals surface area (Å²) in [5.41, 5.74) is 4.63. The van der Waals surface area contributed by atoms with Crippen molar-refractivity contribution in [3.8, 4) is 17.2 Å². The van der Waals surface area contributed by atoms with Gasteiger partial charge in [0.15, 0.2) is 0 Å². The Morgan fingerprint density at radius 3 is 1.96 bits per heavy atom. The minimum absolute atomic E-state index is 0.716. The van der Waals surface area contributed by atoms with E-state index in [9.17, 15) is 0 Å². The first-order valence-electron chi connectivity index (χ1n) is 9.31. The fourth-order valence-corrected chi connectivity index (χ4v) is 4.04. The van der Waals surface area contributed by atoms with Crippen LogP contribution in [0, 0.1) is 23.2 Å². The van der Waals surface area contributed by atoms with E-state index in [-0.39, 0.29) is 0 Å². The van der Waals surface area contributed by atoms with E-state index in [1.54, 1.807) is 0 Å². The molecule has 1 aliphatic rings. The van der Waals surface area contributed by atoms with Gasteiger partial charge < -0.3 is 0 Å². The van der Waals surface area contributed by atoms with Gasteiger partial charge in [0.05, 0.1) is 11.6 Å². The predicted molar refractivity (Wildman–Crippen MR) is 101 cm³/mol. The summed E-state index contributed by atoms with van der Waals surface area (Å²) >= 11 is 0. The lowest BCUT2D eigenvalue weighted by atomic mass is 9.73. The lowest BCUT2D eigenvalue weighted by Crippen LogP contribution is -2.18. The van der Waals surface area contributed by atoms with E-state index in [0.717, 1.165) is 17.8 Å². The smallest absolute Gasteiger partial charge is 0.0991 e. The molecule has 0 saturated heterocycles. The molecule has 1 saturated carbocycles. The minimum atomic E-state index is 0.716. The molecule has 3 rings (SSSR count). The van der Waals surface area contributed by atoms with Gasteiger partial charge in [-0.25, -0.2) is 0 Å². The summed E-state index contributed by atoms with van der Waals surface area (Å²) in [7, 11) is 0. The number of nitrogens with zero attached hydrogens (tertiary/aromatic N) is 1. The van der Waals surface area contributed by atoms with Crippen LogP contribution in [-0.2, 0) is 0 Å². The maximum Gasteiger partial charge on any atom is 0.0991 e. The van der Waals surface area contributed by atoms with Crippen LogP contribution in [0.25, 0.3) is 11.1 Å². The van der Waals surface area contributed by atoms with Gasteiger partial charge in [-0.15, -0.1) is 0 Å². The van der Waals surface area contributed by atoms with Crippen molar-refractivity contribution >= 4 is 0 Å². The van der Waals surface area contributed by atoms with Crippen LogP contribution in [0.15, 0.2) is 48.5 Å². The Hall–Kier alpha value is -2.07. The van der Waals surface area contributed by atoms with E-state index >= 15 is 0 Å². The number of nitriles is 1. The summed E-state index contributed by atoms with van der Waals surface area (Å²) in [5.74, 6) is 2.55. The Labute approximate surface area is 146 Å². The van der Waals surface area contributed by atoms with Gasteiger partial charge >= 0.3 is 0 Å². The van der Waals surface area contributed by atoms with Crippen molar-refractivity contribution < 1.29 is 0 Å². The summed E-state index contributed by atoms with van der Waals surface area (Å²) in [6, 6.07) is 19.1. The SMILES string of the molecule is CCC(C)[C@H]1CC[C@H](c2ccc(-c3ccc(C#N)cc3)cc2)CC1. The highest BCUT2D eigenvalue weighted by molar-refractivity contribution is 5.64. The third kappa shape index (κ3) is 3.70. The number of hydrogen-bond acceptors (Lipinski definition) is 1. The van der Waals surface area contributed by atoms with Crippen LogP contribution in [0.3, 0.4) is 0 Å². The minimum Gasteiger partial charge on any atom is -0.192 e. The molecule has 2 aromatic carbocycles. The lowest BCUT2D eigenvalue weighted by molar-refractivity contribution is 0.241. The average molecular weight is 317 g/mol. The molecule has 0 spiro atoms. The van der Waals surface area contributed by atoms with Gasteiger partial charge in [-0.3, -0.25) is 0 Å². The Kier molecular flexibility index (Phi) is 5.36. The zero-order valence-corrected chi connectivity index (χ0v) is 14.8. The normalized spacial score (nSPS) is 21.9. The Balaban J connectivity index is 1.66. The Bertz CT molecular complexity index is 682. The first kappa shape index (κ1) is 16.8. The molecular weight excluding hydrogens is 290 g/mol. The third-order valence-electron chi connectivity index (χ3n) is 5.95. The van der Waals surface area contributed by atoms with Crippen molar-refractivity contribution in [2.24, 2.45) is 11.8 Å². The van der Waals surface area contributed by atoms with Crippen molar-refractivity contribution in [3.05, 3.63) is 59.7 Å². The van der Waals surface area contributed by atoms with Gasteiger partial charge in [-0.2, -0.15) is 5.26 Å². The predicted octanol–water partition coefficient (Wildman–Crippen LogP) is 6.55. The largest absolute Gasteiger partial charge is 0.192 e. The van der Waals surface area contributed by atoms with Crippen molar-refractivity contribution in [1.82, 2.24) is 0 Å². The number of benzene rings is 2. The highest BCUT2D eigenvalue weighted by Gasteiger charge is 2.25. The summed E-state index contributed by atoms with van der Waals surface area (Å²) in [5, 5.41) is 8.90. The fraction of sp³-hybridized carbons (Fsp3) is 0.435. The average Bonchev–Trinajstić information content (AvgIpc) is 2.68. The molecule has 2 aromatic rings. The van der Waals surface area contributed by atoms with Crippen LogP contribution in [0.4, 0.5) is 0 Å². The zero-order valence-electron chi connectivity index (χ0n) is 14.8. The maximum atomic E-state index is 8.90. The number of hydrogen-bond donors (Lipinski definition) is 0. The molecule has 1 nitrogen and oxygen atoms in total. The third-order valence-corrected chi connectivity index (χ3v) is 5.95. The molecule has 24 heavy (non-hydrogen) atoms. The van der Waals surface area contributed by atoms with Crippen LogP contribution in [0.2, 0.25) is 0 Å². The van der Waals surface area contributed by atoms with Gasteiger partial charge in [0, 0.05) is 0 Å². The molecule has 1 atom stereocenters. The molecule has 0 amide bonds. The van der Waals surface area contributed by atoms with E-state index < -0.39 is 0 Å². The fourth-order valence-electron chi connectivity index (χ4n) is 4.04. The Morgan fingerprint density at radius 2 is 1.46 bits per heavy atom. The molecular formula is C23H27N. The molecule has 1 fully saturated rings. The van der Waals surface area contributed by atoms with E-state index in [2.05, 4.69) is 44.2 Å². The zero-order chi connectivity index (χ0) is 16.9. The molecule has 1 unspecified atom stereocenters. The first-order chi connectivity index (χ1) is 11.7. The van der Waals surface area contributed by atoms with Gasteiger partial charge in [0.1, 0.15) is 0 Å². The van der Waals surface area contributed by atoms with Crippen LogP contribution >= 0.6 is 0 Å². The summed E-state index contributed by atoms with van der Waals surface area (Å²) < 4.78 is 0. The van der Waals surface area contributed by atoms with Crippen molar-refractivity contribution in [1.29, 1.82) is 5.26 Å². The van der Waals surface area contributed by atoms with Gasteiger partial charge in [-0.05, 0) is 72.3 Å². The lowest BCUT2D eigenvalue weighted by Gasteiger charge is -2.32. The van der Waals surface area contributed by atoms with Crippen molar-refractivity contribution in [2.45, 2.75) is 51.9 Å². The van der Waals surface area contributed by atoms with E-state index in [0.29, 0.717) is 5.56 Å². The standard InChI is InChI=1S/C23H27N/c1-3-17(2)19-8-10-21(11-9-19)23-14-12-22(13-15-23)20-6-4-18(16-24)5-7-20/h4-7,12-15,17,19,21H,3,8-11H2,1-2H3/t17?,19-,21-. The highest BCUT2D eigenvalue weighted by atomic mass is 14.3. The van der Waals surface area contributed by atoms with Gasteiger partial charge in [0.25, 0.3) is 0 Å². The number of rotatable bonds is 4. The van der Waals surface area contributed by atoms with Crippen molar-refractivity contribution in [2.75, 3.05) is 0 Å². The summed E-state index contributed by atoms with van der Waals surface area (Å²) in [4.78, 5) is 0. The van der Waals surface area contributed by atoms with Gasteiger partial charge in [-0.1, -0.05) is 56.7 Å². The molecule has 124 valence electrons. The first-order valence-corrected chi connectivity index (χ1v) is 9.31. The summed E-state index contributed by atoms with van der Waals surface area (Å²) in [6.45, 7) is 4.73.